The van der Waals surface area contributed by atoms with Crippen LogP contribution in [0.2, 0.25) is 0 Å². The molecular formula is C10H23NO2. The Kier molecular flexibility index (Phi) is 13.1. The predicted molar refractivity (Wildman–Crippen MR) is 55.0 cm³/mol. The number of hydrogen-bond donors (Lipinski definition) is 1. The van der Waals surface area contributed by atoms with Crippen molar-refractivity contribution in [2.24, 2.45) is 0 Å². The predicted octanol–water partition coefficient (Wildman–Crippen LogP) is 3.07. The summed E-state index contributed by atoms with van der Waals surface area (Å²) in [6.45, 7) is 2.20. The molecule has 3 N–H and O–H groups in total. The summed E-state index contributed by atoms with van der Waals surface area (Å²) >= 11 is 0. The number of carbonyl (C=O) groups is 1. The largest absolute Gasteiger partial charge is 0.469 e. The van der Waals surface area contributed by atoms with Gasteiger partial charge in [-0.05, 0) is 6.42 Å². The molecule has 0 bridgehead atoms. The number of esters is 1. The molecule has 0 amide bonds. The van der Waals surface area contributed by atoms with Crippen LogP contribution in [0.15, 0.2) is 0 Å². The van der Waals surface area contributed by atoms with Gasteiger partial charge in [-0.25, -0.2) is 0 Å². The Morgan fingerprint density at radius 1 is 1.08 bits per heavy atom. The molecule has 0 aliphatic rings. The number of ether oxygens (including phenoxy) is 1. The molecule has 0 unspecified atom stereocenters. The van der Waals surface area contributed by atoms with E-state index in [1.807, 2.05) is 0 Å². The van der Waals surface area contributed by atoms with Gasteiger partial charge in [0.05, 0.1) is 7.11 Å². The molecule has 0 rings (SSSR count). The monoisotopic (exact) mass is 189 g/mol. The molecule has 3 nitrogen and oxygen atoms in total. The van der Waals surface area contributed by atoms with Crippen LogP contribution in [0.1, 0.15) is 51.9 Å². The second-order valence-electron chi connectivity index (χ2n) is 3.09. The number of hydrogen-bond acceptors (Lipinski definition) is 3. The van der Waals surface area contributed by atoms with Crippen molar-refractivity contribution in [2.75, 3.05) is 7.11 Å². The lowest BCUT2D eigenvalue weighted by Crippen LogP contribution is -1.98. The Balaban J connectivity index is 0. The van der Waals surface area contributed by atoms with Crippen LogP contribution < -0.4 is 6.15 Å². The summed E-state index contributed by atoms with van der Waals surface area (Å²) in [4.78, 5) is 10.7. The molecule has 0 aromatic rings. The summed E-state index contributed by atoms with van der Waals surface area (Å²) in [6.07, 6.45) is 7.88. The Morgan fingerprint density at radius 2 is 1.62 bits per heavy atom. The highest BCUT2D eigenvalue weighted by Gasteiger charge is 1.98. The molecule has 0 heterocycles. The van der Waals surface area contributed by atoms with E-state index < -0.39 is 0 Å². The van der Waals surface area contributed by atoms with E-state index in [1.54, 1.807) is 0 Å². The molecule has 0 aliphatic carbocycles. The summed E-state index contributed by atoms with van der Waals surface area (Å²) in [6, 6.07) is 0. The van der Waals surface area contributed by atoms with E-state index in [0.29, 0.717) is 6.42 Å². The first kappa shape index (κ1) is 14.9. The maximum absolute atomic E-state index is 10.7. The van der Waals surface area contributed by atoms with Gasteiger partial charge < -0.3 is 10.9 Å². The molecule has 0 fully saturated rings. The molecule has 0 atom stereocenters. The zero-order valence-corrected chi connectivity index (χ0v) is 8.97. The van der Waals surface area contributed by atoms with Crippen LogP contribution >= 0.6 is 0 Å². The van der Waals surface area contributed by atoms with Crippen molar-refractivity contribution in [3.63, 3.8) is 0 Å². The Hall–Kier alpha value is -0.570. The van der Waals surface area contributed by atoms with E-state index in [-0.39, 0.29) is 12.1 Å². The first-order chi connectivity index (χ1) is 5.81. The molecule has 3 heteroatoms. The summed E-state index contributed by atoms with van der Waals surface area (Å²) in [7, 11) is 1.44. The van der Waals surface area contributed by atoms with Crippen molar-refractivity contribution < 1.29 is 9.53 Å². The van der Waals surface area contributed by atoms with Crippen LogP contribution in [-0.2, 0) is 9.53 Å². The van der Waals surface area contributed by atoms with Crippen molar-refractivity contribution in [1.29, 1.82) is 0 Å². The van der Waals surface area contributed by atoms with E-state index in [9.17, 15) is 4.79 Å². The minimum Gasteiger partial charge on any atom is -0.469 e. The van der Waals surface area contributed by atoms with Gasteiger partial charge in [-0.1, -0.05) is 39.0 Å². The second kappa shape index (κ2) is 11.4. The van der Waals surface area contributed by atoms with Crippen molar-refractivity contribution in [2.45, 2.75) is 51.9 Å². The summed E-state index contributed by atoms with van der Waals surface area (Å²) in [5, 5.41) is 0. The molecule has 0 radical (unpaired) electrons. The topological polar surface area (TPSA) is 61.3 Å². The minimum absolute atomic E-state index is 0. The lowest BCUT2D eigenvalue weighted by Gasteiger charge is -1.99. The SMILES string of the molecule is CCCCCCCCC(=O)OC.N. The van der Waals surface area contributed by atoms with E-state index >= 15 is 0 Å². The third-order valence-electron chi connectivity index (χ3n) is 1.96. The second-order valence-corrected chi connectivity index (χ2v) is 3.09. The van der Waals surface area contributed by atoms with Crippen molar-refractivity contribution >= 4 is 5.97 Å². The molecule has 13 heavy (non-hydrogen) atoms. The number of unbranched alkanes of at least 4 members (excludes halogenated alkanes) is 5. The van der Waals surface area contributed by atoms with Gasteiger partial charge in [0.15, 0.2) is 0 Å². The first-order valence-corrected chi connectivity index (χ1v) is 4.88. The highest BCUT2D eigenvalue weighted by Crippen LogP contribution is 2.06. The molecule has 0 saturated heterocycles. The van der Waals surface area contributed by atoms with Crippen LogP contribution in [0.5, 0.6) is 0 Å². The molecule has 80 valence electrons. The van der Waals surface area contributed by atoms with Gasteiger partial charge >= 0.3 is 5.97 Å². The van der Waals surface area contributed by atoms with E-state index in [0.717, 1.165) is 12.8 Å². The summed E-state index contributed by atoms with van der Waals surface area (Å²) in [5.74, 6) is -0.0782. The van der Waals surface area contributed by atoms with Gasteiger partial charge in [0.25, 0.3) is 0 Å². The van der Waals surface area contributed by atoms with E-state index in [4.69, 9.17) is 0 Å². The molecule has 0 aliphatic heterocycles. The third-order valence-corrected chi connectivity index (χ3v) is 1.96. The average molecular weight is 189 g/mol. The third kappa shape index (κ3) is 11.4. The van der Waals surface area contributed by atoms with E-state index in [1.165, 1.54) is 32.8 Å². The quantitative estimate of drug-likeness (QED) is 0.494. The van der Waals surface area contributed by atoms with Crippen LogP contribution in [0, 0.1) is 0 Å². The molecular weight excluding hydrogens is 166 g/mol. The van der Waals surface area contributed by atoms with Crippen molar-refractivity contribution in [3.05, 3.63) is 0 Å². The molecule has 0 saturated carbocycles. The van der Waals surface area contributed by atoms with Crippen molar-refractivity contribution in [3.8, 4) is 0 Å². The minimum atomic E-state index is -0.0782. The molecule has 0 aromatic heterocycles. The van der Waals surface area contributed by atoms with Crippen LogP contribution in [0.3, 0.4) is 0 Å². The highest BCUT2D eigenvalue weighted by atomic mass is 16.5. The van der Waals surface area contributed by atoms with Gasteiger partial charge in [0, 0.05) is 6.42 Å². The Labute approximate surface area is 81.4 Å². The zero-order chi connectivity index (χ0) is 9.23. The highest BCUT2D eigenvalue weighted by molar-refractivity contribution is 5.68. The molecule has 0 aromatic carbocycles. The van der Waals surface area contributed by atoms with Crippen LogP contribution in [0.4, 0.5) is 0 Å². The standard InChI is InChI=1S/C10H20O2.H3N/c1-3-4-5-6-7-8-9-10(11)12-2;/h3-9H2,1-2H3;1H3. The first-order valence-electron chi connectivity index (χ1n) is 4.88. The summed E-state index contributed by atoms with van der Waals surface area (Å²) < 4.78 is 4.54. The van der Waals surface area contributed by atoms with Gasteiger partial charge in [0.1, 0.15) is 0 Å². The van der Waals surface area contributed by atoms with Gasteiger partial charge in [-0.3, -0.25) is 4.79 Å². The number of methoxy groups -OCH3 is 1. The van der Waals surface area contributed by atoms with Crippen LogP contribution in [0.25, 0.3) is 0 Å². The fraction of sp³-hybridized carbons (Fsp3) is 0.900. The normalized spacial score (nSPS) is 9.08. The maximum atomic E-state index is 10.7. The summed E-state index contributed by atoms with van der Waals surface area (Å²) in [5.41, 5.74) is 0. The Bertz CT molecular complexity index is 115. The van der Waals surface area contributed by atoms with E-state index in [2.05, 4.69) is 11.7 Å². The molecule has 0 spiro atoms. The van der Waals surface area contributed by atoms with Gasteiger partial charge in [0.2, 0.25) is 0 Å². The zero-order valence-electron chi connectivity index (χ0n) is 8.97. The lowest BCUT2D eigenvalue weighted by atomic mass is 10.1. The van der Waals surface area contributed by atoms with Gasteiger partial charge in [-0.15, -0.1) is 0 Å². The maximum Gasteiger partial charge on any atom is 0.305 e. The fourth-order valence-electron chi connectivity index (χ4n) is 1.15. The smallest absolute Gasteiger partial charge is 0.305 e. The van der Waals surface area contributed by atoms with Gasteiger partial charge in [-0.2, -0.15) is 0 Å². The average Bonchev–Trinajstić information content (AvgIpc) is 2.10. The Morgan fingerprint density at radius 3 is 2.15 bits per heavy atom. The number of rotatable bonds is 7. The lowest BCUT2D eigenvalue weighted by molar-refractivity contribution is -0.140. The number of carbonyl (C=O) groups excluding carboxylic acids is 1. The van der Waals surface area contributed by atoms with Crippen LogP contribution in [-0.4, -0.2) is 13.1 Å². The van der Waals surface area contributed by atoms with Crippen molar-refractivity contribution in [1.82, 2.24) is 6.15 Å². The fourth-order valence-corrected chi connectivity index (χ4v) is 1.15.